The highest BCUT2D eigenvalue weighted by Crippen LogP contribution is 2.17. The van der Waals surface area contributed by atoms with E-state index in [1.807, 2.05) is 40.9 Å². The van der Waals surface area contributed by atoms with Gasteiger partial charge in [0, 0.05) is 45.8 Å². The Hall–Kier alpha value is -2.06. The van der Waals surface area contributed by atoms with E-state index in [2.05, 4.69) is 10.2 Å². The third kappa shape index (κ3) is 5.48. The maximum atomic E-state index is 12.5. The van der Waals surface area contributed by atoms with Gasteiger partial charge in [-0.25, -0.2) is 4.79 Å². The lowest BCUT2D eigenvalue weighted by Crippen LogP contribution is -2.54. The zero-order chi connectivity index (χ0) is 19.9. The van der Waals surface area contributed by atoms with Crippen LogP contribution in [0.4, 0.5) is 4.79 Å². The minimum atomic E-state index is -0.0552. The Morgan fingerprint density at radius 3 is 2.39 bits per heavy atom. The largest absolute Gasteiger partial charge is 0.468 e. The number of carbonyl (C=O) groups excluding carboxylic acids is 2. The number of piperidine rings is 1. The number of nitrogens with zero attached hydrogens (tertiary/aromatic N) is 4. The molecule has 0 spiro atoms. The van der Waals surface area contributed by atoms with Crippen molar-refractivity contribution in [3.8, 4) is 0 Å². The molecule has 1 N–H and O–H groups in total. The van der Waals surface area contributed by atoms with Crippen LogP contribution in [0.1, 0.15) is 31.1 Å². The Morgan fingerprint density at radius 1 is 1.07 bits per heavy atom. The van der Waals surface area contributed by atoms with Gasteiger partial charge in [0.2, 0.25) is 5.91 Å². The van der Waals surface area contributed by atoms with Crippen molar-refractivity contribution < 1.29 is 14.0 Å². The van der Waals surface area contributed by atoms with E-state index >= 15 is 0 Å². The molecule has 2 saturated heterocycles. The number of furan rings is 1. The number of nitrogens with one attached hydrogen (secondary N) is 1. The van der Waals surface area contributed by atoms with Crippen LogP contribution in [0.2, 0.25) is 0 Å². The summed E-state index contributed by atoms with van der Waals surface area (Å²) in [7, 11) is 3.94. The number of amides is 3. The fraction of sp³-hybridized carbons (Fsp3) is 0.700. The summed E-state index contributed by atoms with van der Waals surface area (Å²) in [6.07, 6.45) is 5.11. The average molecular weight is 392 g/mol. The van der Waals surface area contributed by atoms with Gasteiger partial charge in [-0.2, -0.15) is 0 Å². The molecule has 8 heteroatoms. The summed E-state index contributed by atoms with van der Waals surface area (Å²) in [5, 5.41) is 3.02. The van der Waals surface area contributed by atoms with Gasteiger partial charge in [-0.15, -0.1) is 0 Å². The molecule has 2 aliphatic rings. The molecule has 2 fully saturated rings. The van der Waals surface area contributed by atoms with Crippen LogP contribution >= 0.6 is 0 Å². The first-order valence-corrected chi connectivity index (χ1v) is 10.3. The Labute approximate surface area is 167 Å². The lowest BCUT2D eigenvalue weighted by atomic mass is 10.1. The molecule has 0 bridgehead atoms. The molecule has 3 rings (SSSR count). The number of hydrogen-bond donors (Lipinski definition) is 1. The Bertz CT molecular complexity index is 620. The summed E-state index contributed by atoms with van der Waals surface area (Å²) in [4.78, 5) is 33.0. The number of rotatable bonds is 6. The Kier molecular flexibility index (Phi) is 7.33. The van der Waals surface area contributed by atoms with E-state index in [-0.39, 0.29) is 18.0 Å². The number of likely N-dealkylation sites (tertiary alicyclic amines) is 1. The zero-order valence-corrected chi connectivity index (χ0v) is 17.1. The van der Waals surface area contributed by atoms with Gasteiger partial charge in [-0.05, 0) is 45.5 Å². The van der Waals surface area contributed by atoms with Crippen molar-refractivity contribution in [2.24, 2.45) is 0 Å². The van der Waals surface area contributed by atoms with Gasteiger partial charge >= 0.3 is 6.03 Å². The SMILES string of the molecule is CN(C)C(CNC(=O)N1CCN(CC(=O)N2CCCCC2)CC1)c1ccco1. The summed E-state index contributed by atoms with van der Waals surface area (Å²) in [6, 6.07) is 3.73. The maximum absolute atomic E-state index is 12.5. The van der Waals surface area contributed by atoms with Crippen molar-refractivity contribution in [3.63, 3.8) is 0 Å². The molecule has 1 unspecified atom stereocenters. The standard InChI is InChI=1S/C20H33N5O3/c1-22(2)17(18-7-6-14-28-18)15-21-20(27)25-12-10-23(11-13-25)16-19(26)24-8-4-3-5-9-24/h6-7,14,17H,3-5,8-13,15-16H2,1-2H3,(H,21,27). The lowest BCUT2D eigenvalue weighted by molar-refractivity contribution is -0.133. The first-order valence-electron chi connectivity index (χ1n) is 10.3. The minimum Gasteiger partial charge on any atom is -0.468 e. The van der Waals surface area contributed by atoms with Gasteiger partial charge in [-0.3, -0.25) is 14.6 Å². The van der Waals surface area contributed by atoms with E-state index in [1.54, 1.807) is 6.26 Å². The molecule has 0 aromatic carbocycles. The quantitative estimate of drug-likeness (QED) is 0.790. The van der Waals surface area contributed by atoms with E-state index in [4.69, 9.17) is 4.42 Å². The molecule has 0 saturated carbocycles. The molecule has 3 heterocycles. The summed E-state index contributed by atoms with van der Waals surface area (Å²) >= 11 is 0. The van der Waals surface area contributed by atoms with E-state index in [9.17, 15) is 9.59 Å². The van der Waals surface area contributed by atoms with Crippen LogP contribution < -0.4 is 5.32 Å². The van der Waals surface area contributed by atoms with Crippen molar-refractivity contribution in [2.45, 2.75) is 25.3 Å². The van der Waals surface area contributed by atoms with Crippen LogP contribution in [-0.4, -0.2) is 98.0 Å². The van der Waals surface area contributed by atoms with Crippen molar-refractivity contribution in [3.05, 3.63) is 24.2 Å². The summed E-state index contributed by atoms with van der Waals surface area (Å²) in [5.41, 5.74) is 0. The predicted octanol–water partition coefficient (Wildman–Crippen LogP) is 1.22. The topological polar surface area (TPSA) is 72.3 Å². The van der Waals surface area contributed by atoms with Crippen LogP contribution in [0, 0.1) is 0 Å². The lowest BCUT2D eigenvalue weighted by Gasteiger charge is -2.36. The number of hydrogen-bond acceptors (Lipinski definition) is 5. The highest BCUT2D eigenvalue weighted by molar-refractivity contribution is 5.78. The molecule has 28 heavy (non-hydrogen) atoms. The number of carbonyl (C=O) groups is 2. The van der Waals surface area contributed by atoms with Crippen LogP contribution in [0.3, 0.4) is 0 Å². The van der Waals surface area contributed by atoms with E-state index in [1.165, 1.54) is 6.42 Å². The van der Waals surface area contributed by atoms with Crippen molar-refractivity contribution in [1.29, 1.82) is 0 Å². The number of likely N-dealkylation sites (N-methyl/N-ethyl adjacent to an activating group) is 1. The monoisotopic (exact) mass is 391 g/mol. The smallest absolute Gasteiger partial charge is 0.317 e. The van der Waals surface area contributed by atoms with Gasteiger partial charge < -0.3 is 19.5 Å². The van der Waals surface area contributed by atoms with Gasteiger partial charge in [-0.1, -0.05) is 0 Å². The number of piperazine rings is 1. The molecular weight excluding hydrogens is 358 g/mol. The van der Waals surface area contributed by atoms with Crippen LogP contribution in [0.25, 0.3) is 0 Å². The second-order valence-corrected chi connectivity index (χ2v) is 7.89. The van der Waals surface area contributed by atoms with Crippen molar-refractivity contribution >= 4 is 11.9 Å². The van der Waals surface area contributed by atoms with Crippen LogP contribution in [0.15, 0.2) is 22.8 Å². The molecule has 0 aliphatic carbocycles. The van der Waals surface area contributed by atoms with E-state index in [0.29, 0.717) is 26.2 Å². The molecule has 3 amide bonds. The summed E-state index contributed by atoms with van der Waals surface area (Å²) in [6.45, 7) is 5.51. The molecular formula is C20H33N5O3. The average Bonchev–Trinajstić information content (AvgIpc) is 3.23. The summed E-state index contributed by atoms with van der Waals surface area (Å²) < 4.78 is 5.49. The molecule has 0 radical (unpaired) electrons. The number of urea groups is 1. The fourth-order valence-corrected chi connectivity index (χ4v) is 3.86. The van der Waals surface area contributed by atoms with Gasteiger partial charge in [0.05, 0.1) is 18.8 Å². The molecule has 1 atom stereocenters. The zero-order valence-electron chi connectivity index (χ0n) is 17.1. The van der Waals surface area contributed by atoms with Crippen molar-refractivity contribution in [1.82, 2.24) is 24.9 Å². The molecule has 1 aromatic rings. The van der Waals surface area contributed by atoms with Gasteiger partial charge in [0.25, 0.3) is 0 Å². The van der Waals surface area contributed by atoms with E-state index in [0.717, 1.165) is 44.8 Å². The van der Waals surface area contributed by atoms with E-state index < -0.39 is 0 Å². The second-order valence-electron chi connectivity index (χ2n) is 7.89. The third-order valence-corrected chi connectivity index (χ3v) is 5.67. The first-order chi connectivity index (χ1) is 13.5. The molecule has 8 nitrogen and oxygen atoms in total. The minimum absolute atomic E-state index is 0.00223. The van der Waals surface area contributed by atoms with Crippen LogP contribution in [-0.2, 0) is 4.79 Å². The predicted molar refractivity (Wildman–Crippen MR) is 107 cm³/mol. The summed E-state index contributed by atoms with van der Waals surface area (Å²) in [5.74, 6) is 1.07. The Morgan fingerprint density at radius 2 is 1.79 bits per heavy atom. The maximum Gasteiger partial charge on any atom is 0.317 e. The molecule has 1 aromatic heterocycles. The first kappa shape index (κ1) is 20.7. The molecule has 156 valence electrons. The highest BCUT2D eigenvalue weighted by atomic mass is 16.3. The molecule has 2 aliphatic heterocycles. The van der Waals surface area contributed by atoms with Gasteiger partial charge in [0.1, 0.15) is 5.76 Å². The van der Waals surface area contributed by atoms with Crippen molar-refractivity contribution in [2.75, 3.05) is 66.5 Å². The second kappa shape index (κ2) is 9.93. The fourth-order valence-electron chi connectivity index (χ4n) is 3.86. The Balaban J connectivity index is 1.40. The highest BCUT2D eigenvalue weighted by Gasteiger charge is 2.26. The van der Waals surface area contributed by atoms with Crippen LogP contribution in [0.5, 0.6) is 0 Å². The third-order valence-electron chi connectivity index (χ3n) is 5.67. The normalized spacial score (nSPS) is 19.7. The van der Waals surface area contributed by atoms with Gasteiger partial charge in [0.15, 0.2) is 0 Å².